The van der Waals surface area contributed by atoms with Crippen LogP contribution in [0.4, 0.5) is 17.6 Å². The minimum Gasteiger partial charge on any atom is -0.313 e. The fourth-order valence-corrected chi connectivity index (χ4v) is 3.49. The van der Waals surface area contributed by atoms with Gasteiger partial charge >= 0.3 is 0 Å². The predicted octanol–water partition coefficient (Wildman–Crippen LogP) is 0.421. The Bertz CT molecular complexity index is 1010. The van der Waals surface area contributed by atoms with E-state index in [0.717, 1.165) is 0 Å². The van der Waals surface area contributed by atoms with Crippen LogP contribution in [0.25, 0.3) is 10.8 Å². The molecule has 0 unspecified atom stereocenters. The third-order valence-corrected chi connectivity index (χ3v) is 4.71. The summed E-state index contributed by atoms with van der Waals surface area (Å²) in [6, 6.07) is 0. The topological polar surface area (TPSA) is 127 Å². The van der Waals surface area contributed by atoms with E-state index in [1.165, 1.54) is 0 Å². The molecule has 4 amide bonds. The van der Waals surface area contributed by atoms with Crippen LogP contribution in [0.5, 0.6) is 0 Å². The molecule has 0 radical (unpaired) electrons. The summed E-state index contributed by atoms with van der Waals surface area (Å²) >= 11 is 0. The van der Waals surface area contributed by atoms with Gasteiger partial charge < -0.3 is 11.5 Å². The van der Waals surface area contributed by atoms with E-state index < -0.39 is 93.3 Å². The highest BCUT2D eigenvalue weighted by atomic mass is 19.2. The summed E-state index contributed by atoms with van der Waals surface area (Å²) < 4.78 is 58.8. The van der Waals surface area contributed by atoms with Crippen LogP contribution in [0.3, 0.4) is 0 Å². The lowest BCUT2D eigenvalue weighted by Gasteiger charge is -2.32. The van der Waals surface area contributed by atoms with Crippen LogP contribution in [-0.4, -0.2) is 46.8 Å². The number of nitrogens with zero attached hydrogens (tertiary/aromatic N) is 2. The van der Waals surface area contributed by atoms with Gasteiger partial charge in [-0.25, -0.2) is 17.6 Å². The molecule has 0 saturated carbocycles. The Hall–Kier alpha value is -3.38. The van der Waals surface area contributed by atoms with Crippen LogP contribution in [0.15, 0.2) is 0 Å². The SMILES string of the molecule is NCN1C(=O)c2c(F)c(F)c3c4c(c(F)c(F)c(c24)C1=O)C(=O)N(CN)C3=O. The van der Waals surface area contributed by atoms with E-state index in [2.05, 4.69) is 0 Å². The van der Waals surface area contributed by atoms with Gasteiger partial charge in [-0.05, 0) is 0 Å². The largest absolute Gasteiger partial charge is 0.313 e. The molecule has 0 aliphatic carbocycles. The van der Waals surface area contributed by atoms with Gasteiger partial charge in [0.1, 0.15) is 0 Å². The van der Waals surface area contributed by atoms with Crippen molar-refractivity contribution >= 4 is 34.4 Å². The van der Waals surface area contributed by atoms with Gasteiger partial charge in [-0.2, -0.15) is 0 Å². The molecule has 0 aromatic heterocycles. The summed E-state index contributed by atoms with van der Waals surface area (Å²) in [5.74, 6) is -13.1. The average Bonchev–Trinajstić information content (AvgIpc) is 2.64. The minimum absolute atomic E-state index is 0.184. The molecule has 2 aromatic carbocycles. The second-order valence-corrected chi connectivity index (χ2v) is 5.95. The fourth-order valence-electron chi connectivity index (χ4n) is 3.49. The first-order chi connectivity index (χ1) is 13.2. The van der Waals surface area contributed by atoms with E-state index >= 15 is 0 Å². The van der Waals surface area contributed by atoms with E-state index in [1.54, 1.807) is 0 Å². The zero-order chi connectivity index (χ0) is 20.7. The summed E-state index contributed by atoms with van der Waals surface area (Å²) in [6.45, 7) is -1.66. The molecule has 2 aliphatic heterocycles. The lowest BCUT2D eigenvalue weighted by Crippen LogP contribution is -2.48. The third-order valence-electron chi connectivity index (χ3n) is 4.71. The molecule has 144 valence electrons. The summed E-state index contributed by atoms with van der Waals surface area (Å²) in [5.41, 5.74) is 5.99. The van der Waals surface area contributed by atoms with Gasteiger partial charge in [-0.3, -0.25) is 29.0 Å². The van der Waals surface area contributed by atoms with Crippen molar-refractivity contribution in [3.05, 3.63) is 45.5 Å². The Labute approximate surface area is 152 Å². The molecular formula is C16H8F4N4O4. The Kier molecular flexibility index (Phi) is 3.58. The van der Waals surface area contributed by atoms with Gasteiger partial charge in [0.25, 0.3) is 23.6 Å². The standard InChI is InChI=1S/C16H8F4N4O4/c17-9-5-3-4-7(11(9)19)15(27)24(2-22)16(28)8(4)12(20)10(18)6(3)14(26)23(1-21)13(5)25/h1-2,21-22H2. The lowest BCUT2D eigenvalue weighted by atomic mass is 9.84. The van der Waals surface area contributed by atoms with Crippen LogP contribution in [-0.2, 0) is 0 Å². The van der Waals surface area contributed by atoms with Crippen molar-refractivity contribution in [3.8, 4) is 0 Å². The van der Waals surface area contributed by atoms with Crippen molar-refractivity contribution in [3.63, 3.8) is 0 Å². The van der Waals surface area contributed by atoms with Gasteiger partial charge in [0.15, 0.2) is 23.3 Å². The van der Waals surface area contributed by atoms with Crippen molar-refractivity contribution in [1.82, 2.24) is 9.80 Å². The first kappa shape index (κ1) is 18.0. The Morgan fingerprint density at radius 1 is 0.536 bits per heavy atom. The second-order valence-electron chi connectivity index (χ2n) is 5.95. The van der Waals surface area contributed by atoms with Crippen molar-refractivity contribution in [2.75, 3.05) is 13.3 Å². The van der Waals surface area contributed by atoms with Gasteiger partial charge in [0.2, 0.25) is 0 Å². The molecule has 2 aliphatic rings. The zero-order valence-corrected chi connectivity index (χ0v) is 13.6. The summed E-state index contributed by atoms with van der Waals surface area (Å²) in [6.07, 6.45) is 0. The normalized spacial score (nSPS) is 15.9. The summed E-state index contributed by atoms with van der Waals surface area (Å²) in [4.78, 5) is 50.1. The molecule has 2 heterocycles. The number of halogens is 4. The number of amides is 4. The zero-order valence-electron chi connectivity index (χ0n) is 13.6. The van der Waals surface area contributed by atoms with E-state index in [-0.39, 0.29) is 9.80 Å². The molecule has 0 atom stereocenters. The Morgan fingerprint density at radius 3 is 0.929 bits per heavy atom. The Balaban J connectivity index is 2.35. The number of imide groups is 2. The molecule has 2 aromatic rings. The Morgan fingerprint density at radius 2 is 0.750 bits per heavy atom. The highest BCUT2D eigenvalue weighted by Gasteiger charge is 2.47. The van der Waals surface area contributed by atoms with E-state index in [0.29, 0.717) is 0 Å². The average molecular weight is 396 g/mol. The maximum absolute atomic E-state index is 14.7. The highest BCUT2D eigenvalue weighted by Crippen LogP contribution is 2.42. The molecule has 4 rings (SSSR count). The van der Waals surface area contributed by atoms with Gasteiger partial charge in [-0.15, -0.1) is 0 Å². The van der Waals surface area contributed by atoms with Crippen LogP contribution in [0.2, 0.25) is 0 Å². The smallest absolute Gasteiger partial charge is 0.265 e. The molecule has 8 nitrogen and oxygen atoms in total. The molecular weight excluding hydrogens is 388 g/mol. The molecule has 28 heavy (non-hydrogen) atoms. The number of carbonyl (C=O) groups excluding carboxylic acids is 4. The van der Waals surface area contributed by atoms with E-state index in [1.807, 2.05) is 0 Å². The van der Waals surface area contributed by atoms with Crippen LogP contribution in [0.1, 0.15) is 41.4 Å². The first-order valence-electron chi connectivity index (χ1n) is 7.67. The van der Waals surface area contributed by atoms with Crippen molar-refractivity contribution in [2.24, 2.45) is 11.5 Å². The lowest BCUT2D eigenvalue weighted by molar-refractivity contribution is 0.0580. The molecule has 4 N–H and O–H groups in total. The van der Waals surface area contributed by atoms with E-state index in [4.69, 9.17) is 11.5 Å². The molecule has 0 fully saturated rings. The predicted molar refractivity (Wildman–Crippen MR) is 82.9 cm³/mol. The molecule has 0 bridgehead atoms. The molecule has 12 heteroatoms. The van der Waals surface area contributed by atoms with Crippen LogP contribution < -0.4 is 11.5 Å². The summed E-state index contributed by atoms with van der Waals surface area (Å²) in [5, 5.41) is -1.72. The summed E-state index contributed by atoms with van der Waals surface area (Å²) in [7, 11) is 0. The molecule has 0 saturated heterocycles. The van der Waals surface area contributed by atoms with E-state index in [9.17, 15) is 36.7 Å². The fraction of sp³-hybridized carbons (Fsp3) is 0.125. The number of hydrogen-bond acceptors (Lipinski definition) is 6. The number of carbonyl (C=O) groups is 4. The van der Waals surface area contributed by atoms with Crippen molar-refractivity contribution in [1.29, 1.82) is 0 Å². The maximum atomic E-state index is 14.7. The first-order valence-corrected chi connectivity index (χ1v) is 7.67. The number of hydrogen-bond donors (Lipinski definition) is 2. The van der Waals surface area contributed by atoms with Crippen LogP contribution >= 0.6 is 0 Å². The molecule has 0 spiro atoms. The maximum Gasteiger partial charge on any atom is 0.265 e. The number of rotatable bonds is 2. The van der Waals surface area contributed by atoms with Crippen LogP contribution in [0, 0.1) is 23.3 Å². The third kappa shape index (κ3) is 1.80. The van der Waals surface area contributed by atoms with Gasteiger partial charge in [0.05, 0.1) is 35.6 Å². The van der Waals surface area contributed by atoms with Gasteiger partial charge in [-0.1, -0.05) is 0 Å². The quantitative estimate of drug-likeness (QED) is 0.560. The number of nitrogens with two attached hydrogens (primary N) is 2. The monoisotopic (exact) mass is 396 g/mol. The number of benzene rings is 2. The van der Waals surface area contributed by atoms with Gasteiger partial charge in [0, 0.05) is 10.8 Å². The van der Waals surface area contributed by atoms with Crippen molar-refractivity contribution < 1.29 is 36.7 Å². The second kappa shape index (κ2) is 5.56. The van der Waals surface area contributed by atoms with Crippen molar-refractivity contribution in [2.45, 2.75) is 0 Å². The highest BCUT2D eigenvalue weighted by molar-refractivity contribution is 6.33. The minimum atomic E-state index is -1.86.